The highest BCUT2D eigenvalue weighted by molar-refractivity contribution is 7.99. The van der Waals surface area contributed by atoms with Gasteiger partial charge in [-0.15, -0.1) is 11.8 Å². The summed E-state index contributed by atoms with van der Waals surface area (Å²) in [5, 5.41) is -0.332. The topological polar surface area (TPSA) is 52.3 Å². The third kappa shape index (κ3) is 2.20. The van der Waals surface area contributed by atoms with Gasteiger partial charge in [0, 0.05) is 5.69 Å². The lowest BCUT2D eigenvalue weighted by Crippen LogP contribution is -2.12. The molecule has 14 heavy (non-hydrogen) atoms. The molecule has 0 fully saturated rings. The summed E-state index contributed by atoms with van der Waals surface area (Å²) in [5.41, 5.74) is 7.20. The largest absolute Gasteiger partial charge is 0.468 e. The number of nitrogens with two attached hydrogens (primary N) is 1. The van der Waals surface area contributed by atoms with E-state index in [0.717, 1.165) is 5.56 Å². The van der Waals surface area contributed by atoms with Gasteiger partial charge in [0.25, 0.3) is 0 Å². The van der Waals surface area contributed by atoms with Crippen LogP contribution in [0, 0.1) is 0 Å². The van der Waals surface area contributed by atoms with Crippen LogP contribution in [0.1, 0.15) is 10.8 Å². The van der Waals surface area contributed by atoms with E-state index < -0.39 is 0 Å². The number of benzene rings is 1. The first-order chi connectivity index (χ1) is 6.70. The minimum atomic E-state index is -0.332. The molecule has 0 saturated heterocycles. The second-order valence-electron chi connectivity index (χ2n) is 2.77. The highest BCUT2D eigenvalue weighted by Gasteiger charge is 2.21. The molecule has 0 spiro atoms. The zero-order chi connectivity index (χ0) is 10.6. The molecule has 76 valence electrons. The Balaban J connectivity index is 3.01. The highest BCUT2D eigenvalue weighted by Crippen LogP contribution is 2.31. The fourth-order valence-corrected chi connectivity index (χ4v) is 1.96. The second kappa shape index (κ2) is 4.91. The van der Waals surface area contributed by atoms with Crippen LogP contribution < -0.4 is 5.73 Å². The number of thioether (sulfide) groups is 1. The summed E-state index contributed by atoms with van der Waals surface area (Å²) in [5.74, 6) is -0.268. The molecule has 3 nitrogen and oxygen atoms in total. The molecule has 4 heteroatoms. The molecule has 0 aliphatic carbocycles. The van der Waals surface area contributed by atoms with Gasteiger partial charge >= 0.3 is 5.97 Å². The Labute approximate surface area is 87.6 Å². The molecular weight excluding hydrogens is 198 g/mol. The van der Waals surface area contributed by atoms with Crippen molar-refractivity contribution in [2.75, 3.05) is 19.1 Å². The summed E-state index contributed by atoms with van der Waals surface area (Å²) in [6.07, 6.45) is 1.86. The standard InChI is InChI=1S/C10H13NO2S/c1-13-10(12)9(14-2)7-5-3-4-6-8(7)11/h3-6,9H,11H2,1-2H3. The maximum absolute atomic E-state index is 11.4. The monoisotopic (exact) mass is 211 g/mol. The number of hydrogen-bond acceptors (Lipinski definition) is 4. The second-order valence-corrected chi connectivity index (χ2v) is 3.71. The maximum Gasteiger partial charge on any atom is 0.323 e. The van der Waals surface area contributed by atoms with Crippen molar-refractivity contribution in [3.8, 4) is 0 Å². The van der Waals surface area contributed by atoms with Crippen molar-refractivity contribution in [2.24, 2.45) is 0 Å². The van der Waals surface area contributed by atoms with E-state index in [4.69, 9.17) is 10.5 Å². The molecule has 0 saturated carbocycles. The molecule has 0 amide bonds. The van der Waals surface area contributed by atoms with Gasteiger partial charge in [-0.05, 0) is 17.9 Å². The molecule has 0 aliphatic heterocycles. The Morgan fingerprint density at radius 3 is 2.64 bits per heavy atom. The van der Waals surface area contributed by atoms with Crippen molar-refractivity contribution in [1.29, 1.82) is 0 Å². The fraction of sp³-hybridized carbons (Fsp3) is 0.300. The first-order valence-corrected chi connectivity index (χ1v) is 5.44. The molecule has 0 heterocycles. The average molecular weight is 211 g/mol. The minimum absolute atomic E-state index is 0.268. The van der Waals surface area contributed by atoms with Gasteiger partial charge < -0.3 is 10.5 Å². The first-order valence-electron chi connectivity index (χ1n) is 4.15. The predicted molar refractivity (Wildman–Crippen MR) is 59.1 cm³/mol. The first kappa shape index (κ1) is 10.9. The molecule has 1 rings (SSSR count). The summed E-state index contributed by atoms with van der Waals surface area (Å²) in [4.78, 5) is 11.4. The van der Waals surface area contributed by atoms with Gasteiger partial charge in [0.15, 0.2) is 0 Å². The van der Waals surface area contributed by atoms with Crippen LogP contribution in [0.15, 0.2) is 24.3 Å². The smallest absolute Gasteiger partial charge is 0.323 e. The molecule has 0 bridgehead atoms. The van der Waals surface area contributed by atoms with E-state index in [1.54, 1.807) is 6.07 Å². The number of hydrogen-bond donors (Lipinski definition) is 1. The number of nitrogen functional groups attached to an aromatic ring is 1. The molecule has 1 unspecified atom stereocenters. The van der Waals surface area contributed by atoms with E-state index in [0.29, 0.717) is 5.69 Å². The lowest BCUT2D eigenvalue weighted by atomic mass is 10.1. The van der Waals surface area contributed by atoms with Gasteiger partial charge in [-0.2, -0.15) is 0 Å². The quantitative estimate of drug-likeness (QED) is 0.612. The zero-order valence-corrected chi connectivity index (χ0v) is 9.01. The molecule has 0 aliphatic rings. The van der Waals surface area contributed by atoms with Crippen molar-refractivity contribution in [1.82, 2.24) is 0 Å². The van der Waals surface area contributed by atoms with E-state index in [9.17, 15) is 4.79 Å². The maximum atomic E-state index is 11.4. The number of esters is 1. The summed E-state index contributed by atoms with van der Waals surface area (Å²) in [7, 11) is 1.38. The lowest BCUT2D eigenvalue weighted by Gasteiger charge is -2.13. The molecule has 1 aromatic rings. The van der Waals surface area contributed by atoms with Gasteiger partial charge in [0.1, 0.15) is 5.25 Å². The van der Waals surface area contributed by atoms with Crippen LogP contribution in [0.25, 0.3) is 0 Å². The Hall–Kier alpha value is -1.16. The van der Waals surface area contributed by atoms with Crippen molar-refractivity contribution >= 4 is 23.4 Å². The minimum Gasteiger partial charge on any atom is -0.468 e. The van der Waals surface area contributed by atoms with Crippen LogP contribution in [0.2, 0.25) is 0 Å². The lowest BCUT2D eigenvalue weighted by molar-refractivity contribution is -0.140. The fourth-order valence-electron chi connectivity index (χ4n) is 1.21. The normalized spacial score (nSPS) is 12.1. The SMILES string of the molecule is COC(=O)C(SC)c1ccccc1N. The van der Waals surface area contributed by atoms with E-state index in [-0.39, 0.29) is 11.2 Å². The van der Waals surface area contributed by atoms with Crippen molar-refractivity contribution in [3.63, 3.8) is 0 Å². The summed E-state index contributed by atoms with van der Waals surface area (Å²) >= 11 is 1.42. The van der Waals surface area contributed by atoms with E-state index in [1.807, 2.05) is 24.5 Å². The number of rotatable bonds is 3. The number of para-hydroxylation sites is 1. The Morgan fingerprint density at radius 2 is 2.14 bits per heavy atom. The molecule has 1 aromatic carbocycles. The van der Waals surface area contributed by atoms with Crippen LogP contribution in [0.4, 0.5) is 5.69 Å². The molecule has 1 atom stereocenters. The van der Waals surface area contributed by atoms with Gasteiger partial charge in [-0.1, -0.05) is 18.2 Å². The summed E-state index contributed by atoms with van der Waals surface area (Å²) < 4.78 is 4.70. The summed E-state index contributed by atoms with van der Waals surface area (Å²) in [6.45, 7) is 0. The molecule has 0 radical (unpaired) electrons. The van der Waals surface area contributed by atoms with Gasteiger partial charge in [-0.3, -0.25) is 4.79 Å². The van der Waals surface area contributed by atoms with Crippen LogP contribution in [-0.4, -0.2) is 19.3 Å². The van der Waals surface area contributed by atoms with Crippen molar-refractivity contribution < 1.29 is 9.53 Å². The van der Waals surface area contributed by atoms with Crippen LogP contribution in [-0.2, 0) is 9.53 Å². The number of ether oxygens (including phenoxy) is 1. The van der Waals surface area contributed by atoms with Crippen LogP contribution in [0.3, 0.4) is 0 Å². The molecule has 2 N–H and O–H groups in total. The molecular formula is C10H13NO2S. The third-order valence-corrected chi connectivity index (χ3v) is 2.85. The number of anilines is 1. The van der Waals surface area contributed by atoms with Gasteiger partial charge in [0.2, 0.25) is 0 Å². The van der Waals surface area contributed by atoms with Crippen molar-refractivity contribution in [2.45, 2.75) is 5.25 Å². The summed E-state index contributed by atoms with van der Waals surface area (Å²) in [6, 6.07) is 7.32. The number of carbonyl (C=O) groups excluding carboxylic acids is 1. The van der Waals surface area contributed by atoms with Gasteiger partial charge in [0.05, 0.1) is 7.11 Å². The Kier molecular flexibility index (Phi) is 3.83. The van der Waals surface area contributed by atoms with E-state index >= 15 is 0 Å². The predicted octanol–water partition coefficient (Wildman–Crippen LogP) is 1.85. The number of methoxy groups -OCH3 is 1. The third-order valence-electron chi connectivity index (χ3n) is 1.93. The van der Waals surface area contributed by atoms with Crippen molar-refractivity contribution in [3.05, 3.63) is 29.8 Å². The van der Waals surface area contributed by atoms with Gasteiger partial charge in [-0.25, -0.2) is 0 Å². The zero-order valence-electron chi connectivity index (χ0n) is 8.19. The molecule has 0 aromatic heterocycles. The average Bonchev–Trinajstić information content (AvgIpc) is 2.21. The van der Waals surface area contributed by atoms with E-state index in [2.05, 4.69) is 0 Å². The number of carbonyl (C=O) groups is 1. The highest BCUT2D eigenvalue weighted by atomic mass is 32.2. The van der Waals surface area contributed by atoms with E-state index in [1.165, 1.54) is 18.9 Å². The van der Waals surface area contributed by atoms with Crippen LogP contribution in [0.5, 0.6) is 0 Å². The Bertz CT molecular complexity index is 328. The van der Waals surface area contributed by atoms with Crippen LogP contribution >= 0.6 is 11.8 Å². The Morgan fingerprint density at radius 1 is 1.50 bits per heavy atom.